The fraction of sp³-hybridized carbons (Fsp3) is 0.733. The summed E-state index contributed by atoms with van der Waals surface area (Å²) in [5.74, 6) is 0. The summed E-state index contributed by atoms with van der Waals surface area (Å²) in [6, 6.07) is 2.22. The molecule has 1 N–H and O–H groups in total. The molecule has 1 aromatic heterocycles. The van der Waals surface area contributed by atoms with Gasteiger partial charge in [0.05, 0.1) is 6.61 Å². The van der Waals surface area contributed by atoms with Gasteiger partial charge in [-0.3, -0.25) is 0 Å². The van der Waals surface area contributed by atoms with Crippen LogP contribution in [0.25, 0.3) is 0 Å². The maximum atomic E-state index is 5.66. The van der Waals surface area contributed by atoms with E-state index in [0.29, 0.717) is 5.41 Å². The van der Waals surface area contributed by atoms with E-state index in [2.05, 4.69) is 41.0 Å². The summed E-state index contributed by atoms with van der Waals surface area (Å²) in [6.45, 7) is 8.37. The minimum absolute atomic E-state index is 0.305. The minimum atomic E-state index is 0.305. The van der Waals surface area contributed by atoms with Gasteiger partial charge < -0.3 is 15.0 Å². The van der Waals surface area contributed by atoms with Crippen LogP contribution in [-0.4, -0.2) is 44.8 Å². The quantitative estimate of drug-likeness (QED) is 0.742. The maximum absolute atomic E-state index is 5.66. The van der Waals surface area contributed by atoms with Gasteiger partial charge in [0.2, 0.25) is 0 Å². The predicted molar refractivity (Wildman–Crippen MR) is 81.7 cm³/mol. The van der Waals surface area contributed by atoms with Crippen molar-refractivity contribution in [1.82, 2.24) is 10.2 Å². The Morgan fingerprint density at radius 1 is 1.53 bits per heavy atom. The van der Waals surface area contributed by atoms with Gasteiger partial charge in [-0.1, -0.05) is 6.92 Å². The van der Waals surface area contributed by atoms with Crippen LogP contribution >= 0.6 is 11.3 Å². The first kappa shape index (κ1) is 15.0. The Balaban J connectivity index is 1.85. The van der Waals surface area contributed by atoms with Gasteiger partial charge >= 0.3 is 0 Å². The van der Waals surface area contributed by atoms with Crippen molar-refractivity contribution >= 4 is 11.3 Å². The Morgan fingerprint density at radius 3 is 3.05 bits per heavy atom. The van der Waals surface area contributed by atoms with E-state index in [-0.39, 0.29) is 0 Å². The van der Waals surface area contributed by atoms with E-state index in [0.717, 1.165) is 39.4 Å². The van der Waals surface area contributed by atoms with E-state index in [1.807, 2.05) is 0 Å². The normalized spacial score (nSPS) is 23.3. The maximum Gasteiger partial charge on any atom is 0.0547 e. The first-order valence-electron chi connectivity index (χ1n) is 7.22. The Morgan fingerprint density at radius 2 is 2.42 bits per heavy atom. The molecule has 1 aliphatic heterocycles. The first-order valence-corrected chi connectivity index (χ1v) is 8.16. The number of ether oxygens (including phenoxy) is 1. The molecule has 0 bridgehead atoms. The summed E-state index contributed by atoms with van der Waals surface area (Å²) in [4.78, 5) is 2.43. The Hall–Kier alpha value is -0.420. The molecule has 2 rings (SSSR count). The summed E-state index contributed by atoms with van der Waals surface area (Å²) in [5, 5.41) is 7.97. The monoisotopic (exact) mass is 282 g/mol. The van der Waals surface area contributed by atoms with Gasteiger partial charge in [-0.15, -0.1) is 0 Å². The highest BCUT2D eigenvalue weighted by atomic mass is 32.1. The van der Waals surface area contributed by atoms with Gasteiger partial charge in [-0.25, -0.2) is 0 Å². The standard InChI is InChI=1S/C15H26N2OS/c1-3-6-16-11-15(5-7-18-13-15)12-17(2)9-14-4-8-19-10-14/h4,8,10,16H,3,5-7,9,11-13H2,1-2H3. The molecule has 2 heterocycles. The molecule has 0 amide bonds. The zero-order valence-corrected chi connectivity index (χ0v) is 13.0. The zero-order valence-electron chi connectivity index (χ0n) is 12.2. The van der Waals surface area contributed by atoms with Crippen molar-refractivity contribution in [2.75, 3.05) is 39.9 Å². The molecule has 1 aliphatic rings. The lowest BCUT2D eigenvalue weighted by molar-refractivity contribution is 0.116. The number of nitrogens with one attached hydrogen (secondary N) is 1. The van der Waals surface area contributed by atoms with Gasteiger partial charge in [0.1, 0.15) is 0 Å². The van der Waals surface area contributed by atoms with E-state index in [9.17, 15) is 0 Å². The Labute approximate surface area is 121 Å². The lowest BCUT2D eigenvalue weighted by Crippen LogP contribution is -2.43. The highest BCUT2D eigenvalue weighted by Crippen LogP contribution is 2.29. The van der Waals surface area contributed by atoms with Gasteiger partial charge in [0, 0.05) is 31.7 Å². The topological polar surface area (TPSA) is 24.5 Å². The molecule has 0 aliphatic carbocycles. The molecular formula is C15H26N2OS. The van der Waals surface area contributed by atoms with Crippen molar-refractivity contribution in [3.8, 4) is 0 Å². The summed E-state index contributed by atoms with van der Waals surface area (Å²) in [5.41, 5.74) is 1.73. The van der Waals surface area contributed by atoms with Crippen LogP contribution in [-0.2, 0) is 11.3 Å². The molecule has 4 heteroatoms. The van der Waals surface area contributed by atoms with E-state index in [1.54, 1.807) is 11.3 Å². The van der Waals surface area contributed by atoms with Crippen molar-refractivity contribution in [2.24, 2.45) is 5.41 Å². The molecule has 1 fully saturated rings. The Bertz CT molecular complexity index is 347. The van der Waals surface area contributed by atoms with Crippen LogP contribution in [0.5, 0.6) is 0 Å². The molecule has 1 aromatic rings. The van der Waals surface area contributed by atoms with Crippen molar-refractivity contribution in [3.05, 3.63) is 22.4 Å². The summed E-state index contributed by atoms with van der Waals surface area (Å²) in [7, 11) is 2.22. The molecule has 0 spiro atoms. The second kappa shape index (κ2) is 7.39. The molecule has 0 aromatic carbocycles. The van der Waals surface area contributed by atoms with Crippen LogP contribution in [0.4, 0.5) is 0 Å². The van der Waals surface area contributed by atoms with E-state index in [1.165, 1.54) is 18.4 Å². The number of thiophene rings is 1. The van der Waals surface area contributed by atoms with Gasteiger partial charge in [0.25, 0.3) is 0 Å². The van der Waals surface area contributed by atoms with Crippen LogP contribution in [0.1, 0.15) is 25.3 Å². The van der Waals surface area contributed by atoms with Crippen LogP contribution in [0.2, 0.25) is 0 Å². The number of rotatable bonds is 8. The number of hydrogen-bond acceptors (Lipinski definition) is 4. The van der Waals surface area contributed by atoms with Gasteiger partial charge in [0.15, 0.2) is 0 Å². The third-order valence-electron chi connectivity index (χ3n) is 3.75. The fourth-order valence-corrected chi connectivity index (χ4v) is 3.48. The average Bonchev–Trinajstić information content (AvgIpc) is 3.02. The molecule has 0 radical (unpaired) electrons. The summed E-state index contributed by atoms with van der Waals surface area (Å²) < 4.78 is 5.66. The highest BCUT2D eigenvalue weighted by Gasteiger charge is 2.35. The summed E-state index contributed by atoms with van der Waals surface area (Å²) >= 11 is 1.78. The molecule has 1 unspecified atom stereocenters. The van der Waals surface area contributed by atoms with Gasteiger partial charge in [-0.2, -0.15) is 11.3 Å². The molecule has 19 heavy (non-hydrogen) atoms. The lowest BCUT2D eigenvalue weighted by atomic mass is 9.86. The largest absolute Gasteiger partial charge is 0.381 e. The Kier molecular flexibility index (Phi) is 5.82. The van der Waals surface area contributed by atoms with Crippen LogP contribution in [0.15, 0.2) is 16.8 Å². The van der Waals surface area contributed by atoms with Gasteiger partial charge in [-0.05, 0) is 48.8 Å². The number of hydrogen-bond donors (Lipinski definition) is 1. The van der Waals surface area contributed by atoms with Crippen molar-refractivity contribution in [2.45, 2.75) is 26.3 Å². The lowest BCUT2D eigenvalue weighted by Gasteiger charge is -2.32. The van der Waals surface area contributed by atoms with E-state index >= 15 is 0 Å². The second-order valence-electron chi connectivity index (χ2n) is 5.78. The predicted octanol–water partition coefficient (Wildman–Crippen LogP) is 2.59. The highest BCUT2D eigenvalue weighted by molar-refractivity contribution is 7.07. The summed E-state index contributed by atoms with van der Waals surface area (Å²) in [6.07, 6.45) is 2.37. The molecular weight excluding hydrogens is 256 g/mol. The van der Waals surface area contributed by atoms with Crippen molar-refractivity contribution in [3.63, 3.8) is 0 Å². The van der Waals surface area contributed by atoms with E-state index in [4.69, 9.17) is 4.74 Å². The third kappa shape index (κ3) is 4.56. The minimum Gasteiger partial charge on any atom is -0.381 e. The SMILES string of the molecule is CCCNCC1(CN(C)Cc2ccsc2)CCOC1. The number of nitrogens with zero attached hydrogens (tertiary/aromatic N) is 1. The first-order chi connectivity index (χ1) is 9.24. The van der Waals surface area contributed by atoms with Crippen molar-refractivity contribution < 1.29 is 4.74 Å². The van der Waals surface area contributed by atoms with Crippen LogP contribution in [0, 0.1) is 5.41 Å². The average molecular weight is 282 g/mol. The smallest absolute Gasteiger partial charge is 0.0547 e. The van der Waals surface area contributed by atoms with E-state index < -0.39 is 0 Å². The fourth-order valence-electron chi connectivity index (χ4n) is 2.82. The molecule has 1 atom stereocenters. The zero-order chi connectivity index (χ0) is 13.6. The molecule has 0 saturated carbocycles. The second-order valence-corrected chi connectivity index (χ2v) is 6.56. The molecule has 1 saturated heterocycles. The van der Waals surface area contributed by atoms with Crippen molar-refractivity contribution in [1.29, 1.82) is 0 Å². The molecule has 3 nitrogen and oxygen atoms in total. The van der Waals surface area contributed by atoms with Crippen LogP contribution in [0.3, 0.4) is 0 Å². The third-order valence-corrected chi connectivity index (χ3v) is 4.48. The van der Waals surface area contributed by atoms with Crippen LogP contribution < -0.4 is 5.32 Å². The molecule has 108 valence electrons.